The standard InChI is InChI=1S/C30H36N2O9/c1-3-5-17-39-29(37)32(30(38)40-18-6-4-2)26(33)16-15-25(27(34)35)31-28(36)41-19-24-22-13-9-7-11-20(22)21-12-8-10-14-23(21)24/h7-14,24-25H,3-6,15-19H2,1-2H3,(H,31,36)(H,34,35). The first kappa shape index (κ1) is 31.1. The number of rotatable bonds is 13. The highest BCUT2D eigenvalue weighted by atomic mass is 16.6. The lowest BCUT2D eigenvalue weighted by atomic mass is 9.98. The Bertz CT molecular complexity index is 1180. The number of carbonyl (C=O) groups excluding carboxylic acids is 4. The van der Waals surface area contributed by atoms with Gasteiger partial charge in [0.1, 0.15) is 12.6 Å². The zero-order valence-corrected chi connectivity index (χ0v) is 23.3. The van der Waals surface area contributed by atoms with Gasteiger partial charge in [-0.3, -0.25) is 4.79 Å². The molecule has 0 heterocycles. The van der Waals surface area contributed by atoms with Crippen LogP contribution >= 0.6 is 0 Å². The van der Waals surface area contributed by atoms with E-state index in [2.05, 4.69) is 5.32 Å². The molecular weight excluding hydrogens is 532 g/mol. The molecule has 0 saturated heterocycles. The molecule has 11 nitrogen and oxygen atoms in total. The number of nitrogens with one attached hydrogen (secondary N) is 1. The number of alkyl carbamates (subject to hydrolysis) is 1. The van der Waals surface area contributed by atoms with Gasteiger partial charge >= 0.3 is 24.2 Å². The smallest absolute Gasteiger partial charge is 0.426 e. The van der Waals surface area contributed by atoms with Crippen molar-refractivity contribution in [2.45, 2.75) is 64.3 Å². The van der Waals surface area contributed by atoms with Crippen LogP contribution in [0.2, 0.25) is 0 Å². The topological polar surface area (TPSA) is 149 Å². The van der Waals surface area contributed by atoms with Gasteiger partial charge in [-0.05, 0) is 41.5 Å². The van der Waals surface area contributed by atoms with Crippen LogP contribution in [0.3, 0.4) is 0 Å². The highest BCUT2D eigenvalue weighted by molar-refractivity contribution is 6.06. The third-order valence-electron chi connectivity index (χ3n) is 6.64. The average molecular weight is 569 g/mol. The lowest BCUT2D eigenvalue weighted by Crippen LogP contribution is -2.45. The van der Waals surface area contributed by atoms with Crippen molar-refractivity contribution in [2.75, 3.05) is 19.8 Å². The summed E-state index contributed by atoms with van der Waals surface area (Å²) in [6, 6.07) is 14.1. The number of hydrogen-bond donors (Lipinski definition) is 2. The van der Waals surface area contributed by atoms with Crippen molar-refractivity contribution in [2.24, 2.45) is 0 Å². The summed E-state index contributed by atoms with van der Waals surface area (Å²) >= 11 is 0. The zero-order chi connectivity index (χ0) is 29.8. The van der Waals surface area contributed by atoms with Gasteiger partial charge in [-0.2, -0.15) is 0 Å². The molecule has 1 unspecified atom stereocenters. The minimum Gasteiger partial charge on any atom is -0.480 e. The highest BCUT2D eigenvalue weighted by Crippen LogP contribution is 2.44. The number of hydrogen-bond acceptors (Lipinski definition) is 8. The van der Waals surface area contributed by atoms with E-state index in [0.717, 1.165) is 35.1 Å². The van der Waals surface area contributed by atoms with Crippen LogP contribution in [-0.2, 0) is 23.8 Å². The van der Waals surface area contributed by atoms with E-state index in [1.165, 1.54) is 0 Å². The van der Waals surface area contributed by atoms with Gasteiger partial charge in [0.05, 0.1) is 13.2 Å². The van der Waals surface area contributed by atoms with Crippen molar-refractivity contribution < 1.29 is 43.3 Å². The van der Waals surface area contributed by atoms with Crippen molar-refractivity contribution in [3.8, 4) is 11.1 Å². The molecule has 1 atom stereocenters. The summed E-state index contributed by atoms with van der Waals surface area (Å²) in [7, 11) is 0. The Kier molecular flexibility index (Phi) is 11.7. The molecule has 220 valence electrons. The lowest BCUT2D eigenvalue weighted by Gasteiger charge is -2.20. The molecular formula is C30H36N2O9. The van der Waals surface area contributed by atoms with E-state index in [-0.39, 0.29) is 30.6 Å². The summed E-state index contributed by atoms with van der Waals surface area (Å²) < 4.78 is 15.4. The molecule has 2 aromatic rings. The van der Waals surface area contributed by atoms with Crippen LogP contribution in [0.5, 0.6) is 0 Å². The summed E-state index contributed by atoms with van der Waals surface area (Å²) in [5, 5.41) is 11.9. The molecule has 0 bridgehead atoms. The molecule has 2 aromatic carbocycles. The van der Waals surface area contributed by atoms with E-state index in [1.807, 2.05) is 62.4 Å². The number of carbonyl (C=O) groups is 5. The Morgan fingerprint density at radius 2 is 1.34 bits per heavy atom. The molecule has 11 heteroatoms. The van der Waals surface area contributed by atoms with Crippen LogP contribution in [0, 0.1) is 0 Å². The van der Waals surface area contributed by atoms with E-state index in [1.54, 1.807) is 0 Å². The molecule has 3 rings (SSSR count). The average Bonchev–Trinajstić information content (AvgIpc) is 3.28. The fraction of sp³-hybridized carbons (Fsp3) is 0.433. The maximum Gasteiger partial charge on any atom is 0.426 e. The fourth-order valence-corrected chi connectivity index (χ4v) is 4.43. The Morgan fingerprint density at radius 1 is 0.829 bits per heavy atom. The minimum atomic E-state index is -1.51. The van der Waals surface area contributed by atoms with Crippen molar-refractivity contribution in [1.29, 1.82) is 0 Å². The highest BCUT2D eigenvalue weighted by Gasteiger charge is 2.33. The van der Waals surface area contributed by atoms with Crippen molar-refractivity contribution in [1.82, 2.24) is 10.2 Å². The molecule has 0 radical (unpaired) electrons. The number of unbranched alkanes of at least 4 members (excludes halogenated alkanes) is 2. The van der Waals surface area contributed by atoms with Gasteiger partial charge in [-0.25, -0.2) is 19.2 Å². The normalized spacial score (nSPS) is 12.4. The molecule has 4 amide bonds. The molecule has 2 N–H and O–H groups in total. The van der Waals surface area contributed by atoms with E-state index < -0.39 is 49.0 Å². The maximum atomic E-state index is 12.8. The summed E-state index contributed by atoms with van der Waals surface area (Å²) in [5.74, 6) is -2.63. The van der Waals surface area contributed by atoms with Crippen molar-refractivity contribution in [3.05, 3.63) is 59.7 Å². The number of aliphatic carboxylic acids is 1. The number of carboxylic acid groups (broad SMARTS) is 1. The van der Waals surface area contributed by atoms with Gasteiger partial charge < -0.3 is 24.6 Å². The van der Waals surface area contributed by atoms with Crippen molar-refractivity contribution >= 4 is 30.2 Å². The van der Waals surface area contributed by atoms with Gasteiger partial charge in [0.15, 0.2) is 0 Å². The van der Waals surface area contributed by atoms with Gasteiger partial charge in [-0.15, -0.1) is 4.90 Å². The van der Waals surface area contributed by atoms with Gasteiger partial charge in [-0.1, -0.05) is 75.2 Å². The van der Waals surface area contributed by atoms with Crippen LogP contribution < -0.4 is 5.32 Å². The van der Waals surface area contributed by atoms with Gasteiger partial charge in [0, 0.05) is 12.3 Å². The Balaban J connectivity index is 1.59. The van der Waals surface area contributed by atoms with Crippen LogP contribution in [0.1, 0.15) is 69.4 Å². The summed E-state index contributed by atoms with van der Waals surface area (Å²) in [4.78, 5) is 62.4. The summed E-state index contributed by atoms with van der Waals surface area (Å²) in [5.41, 5.74) is 4.09. The van der Waals surface area contributed by atoms with E-state index in [0.29, 0.717) is 12.8 Å². The second-order valence-corrected chi connectivity index (χ2v) is 9.56. The molecule has 0 spiro atoms. The lowest BCUT2D eigenvalue weighted by molar-refractivity contribution is -0.139. The maximum absolute atomic E-state index is 12.8. The molecule has 0 aromatic heterocycles. The van der Waals surface area contributed by atoms with Crippen LogP contribution in [0.25, 0.3) is 11.1 Å². The quantitative estimate of drug-likeness (QED) is 0.237. The molecule has 0 aliphatic heterocycles. The molecule has 0 fully saturated rings. The predicted molar refractivity (Wildman–Crippen MR) is 148 cm³/mol. The van der Waals surface area contributed by atoms with E-state index in [4.69, 9.17) is 14.2 Å². The summed E-state index contributed by atoms with van der Waals surface area (Å²) in [6.07, 6.45) is -1.79. The largest absolute Gasteiger partial charge is 0.480 e. The molecule has 1 aliphatic rings. The van der Waals surface area contributed by atoms with Gasteiger partial charge in [0.2, 0.25) is 5.91 Å². The zero-order valence-electron chi connectivity index (χ0n) is 23.3. The first-order valence-corrected chi connectivity index (χ1v) is 13.8. The number of carboxylic acids is 1. The van der Waals surface area contributed by atoms with Crippen LogP contribution in [0.15, 0.2) is 48.5 Å². The predicted octanol–water partition coefficient (Wildman–Crippen LogP) is 5.46. The van der Waals surface area contributed by atoms with Gasteiger partial charge in [0.25, 0.3) is 0 Å². The van der Waals surface area contributed by atoms with E-state index in [9.17, 15) is 29.1 Å². The third-order valence-corrected chi connectivity index (χ3v) is 6.64. The number of fused-ring (bicyclic) bond motifs is 3. The second-order valence-electron chi connectivity index (χ2n) is 9.56. The van der Waals surface area contributed by atoms with E-state index >= 15 is 0 Å². The van der Waals surface area contributed by atoms with Crippen LogP contribution in [-0.4, -0.2) is 66.0 Å². The SMILES string of the molecule is CCCCOC(=O)N(C(=O)CCC(NC(=O)OCC1c2ccccc2-c2ccccc21)C(=O)O)C(=O)OCCCC. The molecule has 0 saturated carbocycles. The first-order valence-electron chi connectivity index (χ1n) is 13.8. The number of ether oxygens (including phenoxy) is 3. The molecule has 41 heavy (non-hydrogen) atoms. The Labute approximate surface area is 238 Å². The Morgan fingerprint density at radius 3 is 1.83 bits per heavy atom. The molecule has 1 aliphatic carbocycles. The second kappa shape index (κ2) is 15.4. The Hall–Kier alpha value is -4.41. The number of imide groups is 3. The first-order chi connectivity index (χ1) is 19.8. The number of amides is 4. The minimum absolute atomic E-state index is 0.00242. The monoisotopic (exact) mass is 568 g/mol. The van der Waals surface area contributed by atoms with Crippen molar-refractivity contribution in [3.63, 3.8) is 0 Å². The number of nitrogens with zero attached hydrogens (tertiary/aromatic N) is 1. The number of benzene rings is 2. The third kappa shape index (κ3) is 8.29. The fourth-order valence-electron chi connectivity index (χ4n) is 4.43. The van der Waals surface area contributed by atoms with Crippen LogP contribution in [0.4, 0.5) is 14.4 Å². The summed E-state index contributed by atoms with van der Waals surface area (Å²) in [6.45, 7) is 3.74.